The summed E-state index contributed by atoms with van der Waals surface area (Å²) >= 11 is 0. The number of piperazine rings is 1. The van der Waals surface area contributed by atoms with E-state index < -0.39 is 0 Å². The highest BCUT2D eigenvalue weighted by atomic mass is 16.2. The van der Waals surface area contributed by atoms with Crippen molar-refractivity contribution < 1.29 is 9.59 Å². The molecular weight excluding hydrogens is 430 g/mol. The molecule has 170 valence electrons. The van der Waals surface area contributed by atoms with Crippen molar-refractivity contribution in [1.29, 1.82) is 5.26 Å². The number of fused-ring (bicyclic) bond motifs is 1. The first-order chi connectivity index (χ1) is 16.6. The minimum atomic E-state index is -0.232. The Morgan fingerprint density at radius 3 is 2.50 bits per heavy atom. The molecule has 1 saturated heterocycles. The topological polar surface area (TPSA) is 110 Å². The van der Waals surface area contributed by atoms with Crippen LogP contribution in [0.1, 0.15) is 16.1 Å². The molecule has 0 unspecified atom stereocenters. The molecule has 1 fully saturated rings. The van der Waals surface area contributed by atoms with Gasteiger partial charge in [0.1, 0.15) is 17.3 Å². The van der Waals surface area contributed by atoms with Crippen LogP contribution in [0.3, 0.4) is 0 Å². The van der Waals surface area contributed by atoms with E-state index in [0.717, 1.165) is 16.6 Å². The van der Waals surface area contributed by atoms with E-state index in [1.165, 1.54) is 6.20 Å². The zero-order chi connectivity index (χ0) is 23.5. The predicted octanol–water partition coefficient (Wildman–Crippen LogP) is 2.62. The molecule has 0 spiro atoms. The predicted molar refractivity (Wildman–Crippen MR) is 128 cm³/mol. The first-order valence-electron chi connectivity index (χ1n) is 11.0. The van der Waals surface area contributed by atoms with Crippen molar-refractivity contribution >= 4 is 28.5 Å². The largest absolute Gasteiger partial charge is 0.351 e. The van der Waals surface area contributed by atoms with Crippen LogP contribution in [0.15, 0.2) is 66.9 Å². The SMILES string of the molecule is N#Cc1cnn(-c2ccccc2)c1NC(=O)CN1CCN(C(=O)c2cc3ccccc3[nH]2)CC1. The van der Waals surface area contributed by atoms with E-state index in [1.54, 1.807) is 9.58 Å². The Hall–Kier alpha value is -4.42. The van der Waals surface area contributed by atoms with E-state index in [4.69, 9.17) is 0 Å². The van der Waals surface area contributed by atoms with Crippen molar-refractivity contribution in [3.8, 4) is 11.8 Å². The highest BCUT2D eigenvalue weighted by molar-refractivity contribution is 5.98. The molecule has 1 aliphatic rings. The standard InChI is InChI=1S/C25H23N7O2/c26-15-19-16-27-32(20-7-2-1-3-8-20)24(19)29-23(33)17-30-10-12-31(13-11-30)25(34)22-14-18-6-4-5-9-21(18)28-22/h1-9,14,16,28H,10-13,17H2,(H,29,33). The van der Waals surface area contributed by atoms with Crippen LogP contribution in [0.2, 0.25) is 0 Å². The van der Waals surface area contributed by atoms with Gasteiger partial charge in [0.2, 0.25) is 5.91 Å². The minimum absolute atomic E-state index is 0.0364. The second-order valence-electron chi connectivity index (χ2n) is 8.15. The third-order valence-corrected chi connectivity index (χ3v) is 5.94. The molecule has 1 aliphatic heterocycles. The fourth-order valence-electron chi connectivity index (χ4n) is 4.16. The lowest BCUT2D eigenvalue weighted by Crippen LogP contribution is -2.50. The van der Waals surface area contributed by atoms with Gasteiger partial charge in [-0.1, -0.05) is 36.4 Å². The van der Waals surface area contributed by atoms with Gasteiger partial charge in [-0.2, -0.15) is 10.4 Å². The summed E-state index contributed by atoms with van der Waals surface area (Å²) in [4.78, 5) is 32.7. The lowest BCUT2D eigenvalue weighted by molar-refractivity contribution is -0.117. The molecule has 4 aromatic rings. The molecular formula is C25H23N7O2. The van der Waals surface area contributed by atoms with E-state index in [0.29, 0.717) is 43.3 Å². The van der Waals surface area contributed by atoms with Crippen LogP contribution < -0.4 is 5.32 Å². The van der Waals surface area contributed by atoms with Crippen molar-refractivity contribution in [3.63, 3.8) is 0 Å². The average Bonchev–Trinajstić information content (AvgIpc) is 3.48. The Labute approximate surface area is 196 Å². The number of hydrogen-bond donors (Lipinski definition) is 2. The third kappa shape index (κ3) is 4.27. The van der Waals surface area contributed by atoms with Crippen molar-refractivity contribution in [2.75, 3.05) is 38.0 Å². The number of hydrogen-bond acceptors (Lipinski definition) is 5. The molecule has 0 saturated carbocycles. The summed E-state index contributed by atoms with van der Waals surface area (Å²) in [6, 6.07) is 21.1. The smallest absolute Gasteiger partial charge is 0.270 e. The van der Waals surface area contributed by atoms with E-state index in [9.17, 15) is 14.9 Å². The van der Waals surface area contributed by atoms with Crippen LogP contribution in [0.25, 0.3) is 16.6 Å². The van der Waals surface area contributed by atoms with Gasteiger partial charge < -0.3 is 15.2 Å². The summed E-state index contributed by atoms with van der Waals surface area (Å²) in [5, 5.41) is 17.5. The number of amides is 2. The summed E-state index contributed by atoms with van der Waals surface area (Å²) in [5.41, 5.74) is 2.56. The molecule has 0 radical (unpaired) electrons. The fraction of sp³-hybridized carbons (Fsp3) is 0.200. The van der Waals surface area contributed by atoms with Crippen molar-refractivity contribution in [2.24, 2.45) is 0 Å². The highest BCUT2D eigenvalue weighted by Gasteiger charge is 2.25. The number of nitrogens with one attached hydrogen (secondary N) is 2. The number of carbonyl (C=O) groups is 2. The van der Waals surface area contributed by atoms with Gasteiger partial charge in [-0.3, -0.25) is 14.5 Å². The van der Waals surface area contributed by atoms with Gasteiger partial charge in [0.25, 0.3) is 5.91 Å². The van der Waals surface area contributed by atoms with Crippen LogP contribution in [0, 0.1) is 11.3 Å². The number of aromatic nitrogens is 3. The molecule has 34 heavy (non-hydrogen) atoms. The zero-order valence-corrected chi connectivity index (χ0v) is 18.4. The number of anilines is 1. The molecule has 0 bridgehead atoms. The fourth-order valence-corrected chi connectivity index (χ4v) is 4.16. The van der Waals surface area contributed by atoms with E-state index in [-0.39, 0.29) is 18.4 Å². The van der Waals surface area contributed by atoms with Crippen LogP contribution in [0.5, 0.6) is 0 Å². The molecule has 0 atom stereocenters. The molecule has 2 aromatic heterocycles. The monoisotopic (exact) mass is 453 g/mol. The second kappa shape index (κ2) is 9.21. The van der Waals surface area contributed by atoms with E-state index in [2.05, 4.69) is 21.5 Å². The number of para-hydroxylation sites is 2. The number of carbonyl (C=O) groups excluding carboxylic acids is 2. The highest BCUT2D eigenvalue weighted by Crippen LogP contribution is 2.20. The Bertz CT molecular complexity index is 1340. The number of benzene rings is 2. The van der Waals surface area contributed by atoms with Gasteiger partial charge in [0.05, 0.1) is 18.4 Å². The van der Waals surface area contributed by atoms with Crippen LogP contribution in [-0.2, 0) is 4.79 Å². The molecule has 9 nitrogen and oxygen atoms in total. The van der Waals surface area contributed by atoms with Gasteiger partial charge >= 0.3 is 0 Å². The molecule has 0 aliphatic carbocycles. The maximum absolute atomic E-state index is 12.9. The summed E-state index contributed by atoms with van der Waals surface area (Å²) < 4.78 is 1.55. The van der Waals surface area contributed by atoms with Crippen LogP contribution in [-0.4, -0.2) is 69.1 Å². The summed E-state index contributed by atoms with van der Waals surface area (Å²) in [7, 11) is 0. The number of nitrogens with zero attached hydrogens (tertiary/aromatic N) is 5. The Morgan fingerprint density at radius 2 is 1.76 bits per heavy atom. The van der Waals surface area contributed by atoms with E-state index >= 15 is 0 Å². The maximum Gasteiger partial charge on any atom is 0.270 e. The summed E-state index contributed by atoms with van der Waals surface area (Å²) in [5.74, 6) is 0.0848. The quantitative estimate of drug-likeness (QED) is 0.483. The molecule has 2 amide bonds. The Morgan fingerprint density at radius 1 is 1.03 bits per heavy atom. The van der Waals surface area contributed by atoms with Crippen molar-refractivity contribution in [2.45, 2.75) is 0 Å². The third-order valence-electron chi connectivity index (χ3n) is 5.94. The Balaban J connectivity index is 1.19. The van der Waals surface area contributed by atoms with Crippen LogP contribution in [0.4, 0.5) is 5.82 Å². The minimum Gasteiger partial charge on any atom is -0.351 e. The number of nitriles is 1. The molecule has 2 N–H and O–H groups in total. The molecule has 3 heterocycles. The van der Waals surface area contributed by atoms with Crippen LogP contribution >= 0.6 is 0 Å². The number of aromatic amines is 1. The van der Waals surface area contributed by atoms with Crippen molar-refractivity contribution in [1.82, 2.24) is 24.6 Å². The number of rotatable bonds is 5. The lowest BCUT2D eigenvalue weighted by Gasteiger charge is -2.34. The Kier molecular flexibility index (Phi) is 5.81. The van der Waals surface area contributed by atoms with Gasteiger partial charge in [-0.25, -0.2) is 4.68 Å². The van der Waals surface area contributed by atoms with Crippen molar-refractivity contribution in [3.05, 3.63) is 78.1 Å². The van der Waals surface area contributed by atoms with Gasteiger partial charge in [0, 0.05) is 37.1 Å². The number of H-pyrrole nitrogens is 1. The molecule has 2 aromatic carbocycles. The molecule has 9 heteroatoms. The maximum atomic E-state index is 12.9. The molecule has 5 rings (SSSR count). The average molecular weight is 454 g/mol. The second-order valence-corrected chi connectivity index (χ2v) is 8.15. The normalized spacial score (nSPS) is 14.1. The first kappa shape index (κ1) is 21.4. The first-order valence-corrected chi connectivity index (χ1v) is 11.0. The van der Waals surface area contributed by atoms with E-state index in [1.807, 2.05) is 65.6 Å². The zero-order valence-electron chi connectivity index (χ0n) is 18.4. The van der Waals surface area contributed by atoms with Gasteiger partial charge in [-0.05, 0) is 24.3 Å². The van der Waals surface area contributed by atoms with Gasteiger partial charge in [-0.15, -0.1) is 0 Å². The summed E-state index contributed by atoms with van der Waals surface area (Å²) in [6.07, 6.45) is 1.44. The lowest BCUT2D eigenvalue weighted by atomic mass is 10.2. The summed E-state index contributed by atoms with van der Waals surface area (Å²) in [6.45, 7) is 2.41. The van der Waals surface area contributed by atoms with Gasteiger partial charge in [0.15, 0.2) is 5.82 Å².